The summed E-state index contributed by atoms with van der Waals surface area (Å²) in [6, 6.07) is 12.1. The smallest absolute Gasteiger partial charge is 0.126 e. The number of aliphatic hydroxyl groups is 1. The van der Waals surface area contributed by atoms with E-state index < -0.39 is 12.2 Å². The molecule has 6 heteroatoms. The van der Waals surface area contributed by atoms with Crippen molar-refractivity contribution in [2.24, 2.45) is 0 Å². The third-order valence-corrected chi connectivity index (χ3v) is 4.94. The van der Waals surface area contributed by atoms with Crippen molar-refractivity contribution >= 4 is 0 Å². The van der Waals surface area contributed by atoms with E-state index in [0.717, 1.165) is 24.2 Å². The van der Waals surface area contributed by atoms with Gasteiger partial charge in [-0.2, -0.15) is 0 Å². The van der Waals surface area contributed by atoms with Crippen LogP contribution in [0, 0.1) is 11.6 Å². The predicted octanol–water partition coefficient (Wildman–Crippen LogP) is 2.12. The largest absolute Gasteiger partial charge is 0.385 e. The fourth-order valence-corrected chi connectivity index (χ4v) is 3.82. The molecule has 28 heavy (non-hydrogen) atoms. The number of hydrogen-bond acceptors (Lipinski definition) is 3. The molecule has 1 fully saturated rings. The maximum Gasteiger partial charge on any atom is 0.126 e. The summed E-state index contributed by atoms with van der Waals surface area (Å²) in [5, 5.41) is 10.5. The summed E-state index contributed by atoms with van der Waals surface area (Å²) in [5.74, 6) is -0.665. The van der Waals surface area contributed by atoms with Crippen molar-refractivity contribution in [3.05, 3.63) is 71.3 Å². The Bertz CT molecular complexity index is 683. The first kappa shape index (κ1) is 20.9. The van der Waals surface area contributed by atoms with Crippen LogP contribution in [0.5, 0.6) is 0 Å². The monoisotopic (exact) mass is 392 g/mol. The quantitative estimate of drug-likeness (QED) is 0.759. The maximum atomic E-state index is 13.3. The third-order valence-electron chi connectivity index (χ3n) is 4.94. The summed E-state index contributed by atoms with van der Waals surface area (Å²) >= 11 is 0. The summed E-state index contributed by atoms with van der Waals surface area (Å²) in [6.45, 7) is 6.47. The minimum atomic E-state index is -0.643. The molecule has 1 unspecified atom stereocenters. The average Bonchev–Trinajstić information content (AvgIpc) is 2.64. The summed E-state index contributed by atoms with van der Waals surface area (Å²) < 4.78 is 38.3. The Balaban J connectivity index is 1.65. The third kappa shape index (κ3) is 5.82. The van der Waals surface area contributed by atoms with Gasteiger partial charge < -0.3 is 19.5 Å². The fourth-order valence-electron chi connectivity index (χ4n) is 3.82. The lowest BCUT2D eigenvalue weighted by Crippen LogP contribution is -3.16. The molecule has 4 nitrogen and oxygen atoms in total. The van der Waals surface area contributed by atoms with Crippen molar-refractivity contribution in [2.45, 2.75) is 38.3 Å². The van der Waals surface area contributed by atoms with Gasteiger partial charge in [0, 0.05) is 0 Å². The van der Waals surface area contributed by atoms with Crippen molar-refractivity contribution in [1.82, 2.24) is 0 Å². The normalized spacial score (nSPS) is 23.7. The second kappa shape index (κ2) is 9.56. The molecule has 3 rings (SSSR count). The van der Waals surface area contributed by atoms with Crippen molar-refractivity contribution in [2.75, 3.05) is 26.2 Å². The fraction of sp³-hybridized carbons (Fsp3) is 0.455. The highest BCUT2D eigenvalue weighted by atomic mass is 19.1. The second-order valence-electron chi connectivity index (χ2n) is 7.59. The molecule has 0 radical (unpaired) electrons. The summed E-state index contributed by atoms with van der Waals surface area (Å²) in [6.07, 6.45) is -0.819. The van der Waals surface area contributed by atoms with E-state index in [-0.39, 0.29) is 30.4 Å². The molecule has 152 valence electrons. The zero-order valence-corrected chi connectivity index (χ0v) is 16.3. The molecule has 2 N–H and O–H groups in total. The second-order valence-corrected chi connectivity index (χ2v) is 7.59. The van der Waals surface area contributed by atoms with E-state index in [0.29, 0.717) is 6.54 Å². The van der Waals surface area contributed by atoms with Crippen LogP contribution in [0.1, 0.15) is 31.1 Å². The number of hydrogen-bond donors (Lipinski definition) is 2. The van der Waals surface area contributed by atoms with Gasteiger partial charge in [-0.25, -0.2) is 8.78 Å². The molecular formula is C22H28F2NO3+. The van der Waals surface area contributed by atoms with Gasteiger partial charge in [-0.15, -0.1) is 0 Å². The van der Waals surface area contributed by atoms with E-state index >= 15 is 0 Å². The Morgan fingerprint density at radius 2 is 1.43 bits per heavy atom. The first-order valence-corrected chi connectivity index (χ1v) is 9.70. The molecule has 2 aromatic carbocycles. The van der Waals surface area contributed by atoms with E-state index in [2.05, 4.69) is 0 Å². The Morgan fingerprint density at radius 1 is 0.964 bits per heavy atom. The molecule has 0 spiro atoms. The van der Waals surface area contributed by atoms with Crippen LogP contribution in [0.3, 0.4) is 0 Å². The van der Waals surface area contributed by atoms with Crippen LogP contribution in [-0.4, -0.2) is 49.7 Å². The predicted molar refractivity (Wildman–Crippen MR) is 102 cm³/mol. The van der Waals surface area contributed by atoms with E-state index in [9.17, 15) is 13.9 Å². The van der Waals surface area contributed by atoms with Crippen LogP contribution in [0.25, 0.3) is 0 Å². The number of quaternary nitrogens is 1. The van der Waals surface area contributed by atoms with Crippen LogP contribution in [0.15, 0.2) is 48.5 Å². The number of benzene rings is 2. The standard InChI is InChI=1S/C22H27F2NO3/c1-15-11-25(12-16(2)28-15)13-21(26)14-27-22(17-3-7-19(23)8-4-17)18-5-9-20(24)10-6-18/h3-10,15-16,21-22,26H,11-14H2,1-2H3/p+1/t15-,16+,21-/m0/s1. The summed E-state index contributed by atoms with van der Waals surface area (Å²) in [5.41, 5.74) is 1.50. The summed E-state index contributed by atoms with van der Waals surface area (Å²) in [4.78, 5) is 1.28. The Kier molecular flexibility index (Phi) is 7.13. The molecule has 1 heterocycles. The van der Waals surface area contributed by atoms with Crippen molar-refractivity contribution in [3.8, 4) is 0 Å². The Morgan fingerprint density at radius 3 is 1.89 bits per heavy atom. The molecule has 1 saturated heterocycles. The molecule has 0 saturated carbocycles. The van der Waals surface area contributed by atoms with Gasteiger partial charge in [0.1, 0.15) is 55.7 Å². The first-order chi connectivity index (χ1) is 13.4. The van der Waals surface area contributed by atoms with Crippen molar-refractivity contribution in [3.63, 3.8) is 0 Å². The molecule has 0 amide bonds. The van der Waals surface area contributed by atoms with Crippen LogP contribution in [-0.2, 0) is 9.47 Å². The molecule has 0 bridgehead atoms. The lowest BCUT2D eigenvalue weighted by atomic mass is 10.0. The van der Waals surface area contributed by atoms with Gasteiger partial charge >= 0.3 is 0 Å². The number of rotatable bonds is 7. The lowest BCUT2D eigenvalue weighted by Gasteiger charge is -2.33. The number of morpholine rings is 1. The van der Waals surface area contributed by atoms with E-state index in [1.165, 1.54) is 29.2 Å². The lowest BCUT2D eigenvalue weighted by molar-refractivity contribution is -0.918. The highest BCUT2D eigenvalue weighted by molar-refractivity contribution is 5.30. The van der Waals surface area contributed by atoms with Crippen LogP contribution < -0.4 is 4.90 Å². The number of ether oxygens (including phenoxy) is 2. The van der Waals surface area contributed by atoms with Crippen molar-refractivity contribution in [1.29, 1.82) is 0 Å². The molecule has 2 aromatic rings. The minimum absolute atomic E-state index is 0.131. The van der Waals surface area contributed by atoms with Gasteiger partial charge in [0.15, 0.2) is 0 Å². The molecule has 0 aromatic heterocycles. The minimum Gasteiger partial charge on any atom is -0.385 e. The van der Waals surface area contributed by atoms with Crippen LogP contribution in [0.4, 0.5) is 8.78 Å². The van der Waals surface area contributed by atoms with E-state index in [4.69, 9.17) is 9.47 Å². The average molecular weight is 392 g/mol. The number of aliphatic hydroxyl groups excluding tert-OH is 1. The molecular weight excluding hydrogens is 364 g/mol. The van der Waals surface area contributed by atoms with Crippen LogP contribution >= 0.6 is 0 Å². The highest BCUT2D eigenvalue weighted by Crippen LogP contribution is 2.26. The zero-order valence-electron chi connectivity index (χ0n) is 16.3. The van der Waals surface area contributed by atoms with E-state index in [1.807, 2.05) is 13.8 Å². The number of nitrogens with one attached hydrogen (secondary N) is 1. The Hall–Kier alpha value is -1.86. The topological polar surface area (TPSA) is 43.1 Å². The van der Waals surface area contributed by atoms with Crippen molar-refractivity contribution < 1.29 is 28.3 Å². The molecule has 4 atom stereocenters. The summed E-state index contributed by atoms with van der Waals surface area (Å²) in [7, 11) is 0. The van der Waals surface area contributed by atoms with Gasteiger partial charge in [-0.05, 0) is 49.2 Å². The van der Waals surface area contributed by atoms with Gasteiger partial charge in [-0.1, -0.05) is 24.3 Å². The SMILES string of the molecule is C[C@@H]1C[NH+](C[C@H](O)COC(c2ccc(F)cc2)c2ccc(F)cc2)C[C@H](C)O1. The highest BCUT2D eigenvalue weighted by Gasteiger charge is 2.28. The number of halogens is 2. The molecule has 0 aliphatic carbocycles. The van der Waals surface area contributed by atoms with Gasteiger partial charge in [0.05, 0.1) is 6.61 Å². The molecule has 1 aliphatic heterocycles. The Labute approximate surface area is 164 Å². The van der Waals surface area contributed by atoms with Gasteiger partial charge in [0.2, 0.25) is 0 Å². The first-order valence-electron chi connectivity index (χ1n) is 9.70. The van der Waals surface area contributed by atoms with Gasteiger partial charge in [-0.3, -0.25) is 0 Å². The van der Waals surface area contributed by atoms with E-state index in [1.54, 1.807) is 24.3 Å². The zero-order chi connectivity index (χ0) is 20.1. The molecule has 1 aliphatic rings. The van der Waals surface area contributed by atoms with Gasteiger partial charge in [0.25, 0.3) is 0 Å². The van der Waals surface area contributed by atoms with Crippen LogP contribution in [0.2, 0.25) is 0 Å². The maximum absolute atomic E-state index is 13.3.